The summed E-state index contributed by atoms with van der Waals surface area (Å²) < 4.78 is 0. The molecule has 0 unspecified atom stereocenters. The molecule has 0 aliphatic rings. The van der Waals surface area contributed by atoms with Crippen LogP contribution >= 0.6 is 0 Å². The van der Waals surface area contributed by atoms with Crippen LogP contribution in [0, 0.1) is 0 Å². The fourth-order valence-electron chi connectivity index (χ4n) is 5.17. The number of hydrogen-bond acceptors (Lipinski definition) is 2. The standard InChI is InChI=1S/C35H54N2/c1-7-13-15-16-17-19-21-35(37-33-25-23-29(10-4)31(12-6)27-33)34(20-18-14-8-2)36-32-24-22-28(9-3)30(11-5)26-32/h22-27H,7-21H2,1-6H3. The summed E-state index contributed by atoms with van der Waals surface area (Å²) in [6, 6.07) is 13.6. The molecule has 2 nitrogen and oxygen atoms in total. The second-order valence-electron chi connectivity index (χ2n) is 10.4. The molecule has 37 heavy (non-hydrogen) atoms. The van der Waals surface area contributed by atoms with Crippen molar-refractivity contribution in [2.24, 2.45) is 9.98 Å². The number of aliphatic imine (C=N–C) groups is 2. The van der Waals surface area contributed by atoms with Crippen molar-refractivity contribution >= 4 is 22.8 Å². The number of rotatable bonds is 18. The summed E-state index contributed by atoms with van der Waals surface area (Å²) in [6.45, 7) is 13.6. The van der Waals surface area contributed by atoms with Crippen molar-refractivity contribution in [2.75, 3.05) is 0 Å². The van der Waals surface area contributed by atoms with Gasteiger partial charge in [-0.05, 0) is 97.9 Å². The summed E-state index contributed by atoms with van der Waals surface area (Å²) in [5.41, 5.74) is 10.3. The van der Waals surface area contributed by atoms with E-state index in [9.17, 15) is 0 Å². The average molecular weight is 503 g/mol. The lowest BCUT2D eigenvalue weighted by Crippen LogP contribution is -2.14. The van der Waals surface area contributed by atoms with Crippen LogP contribution in [0.25, 0.3) is 0 Å². The number of aryl methyl sites for hydroxylation is 4. The van der Waals surface area contributed by atoms with Crippen LogP contribution < -0.4 is 0 Å². The lowest BCUT2D eigenvalue weighted by Gasteiger charge is -2.14. The highest BCUT2D eigenvalue weighted by atomic mass is 14.8. The Morgan fingerprint density at radius 3 is 1.27 bits per heavy atom. The molecule has 0 heterocycles. The Kier molecular flexibility index (Phi) is 15.2. The predicted molar refractivity (Wildman–Crippen MR) is 167 cm³/mol. The van der Waals surface area contributed by atoms with E-state index in [2.05, 4.69) is 77.9 Å². The van der Waals surface area contributed by atoms with Crippen LogP contribution in [0.1, 0.15) is 134 Å². The SMILES string of the molecule is CCCCCCCCC(=Nc1ccc(CC)c(CC)c1)C(CCCCC)=Nc1ccc(CC)c(CC)c1. The maximum Gasteiger partial charge on any atom is 0.0636 e. The van der Waals surface area contributed by atoms with Gasteiger partial charge in [0.25, 0.3) is 0 Å². The molecule has 2 rings (SSSR count). The largest absolute Gasteiger partial charge is 0.252 e. The Morgan fingerprint density at radius 2 is 0.838 bits per heavy atom. The second-order valence-corrected chi connectivity index (χ2v) is 10.4. The van der Waals surface area contributed by atoms with Crippen molar-refractivity contribution in [1.82, 2.24) is 0 Å². The molecular weight excluding hydrogens is 448 g/mol. The molecule has 0 radical (unpaired) electrons. The zero-order valence-electron chi connectivity index (χ0n) is 25.0. The average Bonchev–Trinajstić information content (AvgIpc) is 2.93. The Labute approximate surface area is 229 Å². The van der Waals surface area contributed by atoms with Gasteiger partial charge in [0.1, 0.15) is 0 Å². The lowest BCUT2D eigenvalue weighted by atomic mass is 9.99. The summed E-state index contributed by atoms with van der Waals surface area (Å²) in [5.74, 6) is 0. The third-order valence-electron chi connectivity index (χ3n) is 7.55. The zero-order valence-corrected chi connectivity index (χ0v) is 25.0. The van der Waals surface area contributed by atoms with Crippen molar-refractivity contribution in [3.8, 4) is 0 Å². The molecule has 0 fully saturated rings. The van der Waals surface area contributed by atoms with Gasteiger partial charge in [0, 0.05) is 0 Å². The Bertz CT molecular complexity index is 983. The van der Waals surface area contributed by atoms with Gasteiger partial charge in [0.05, 0.1) is 22.8 Å². The van der Waals surface area contributed by atoms with Gasteiger partial charge in [0.15, 0.2) is 0 Å². The van der Waals surface area contributed by atoms with E-state index in [0.717, 1.165) is 49.9 Å². The van der Waals surface area contributed by atoms with Crippen molar-refractivity contribution in [3.05, 3.63) is 58.7 Å². The zero-order chi connectivity index (χ0) is 26.9. The van der Waals surface area contributed by atoms with Crippen LogP contribution in [-0.4, -0.2) is 11.4 Å². The number of hydrogen-bond donors (Lipinski definition) is 0. The molecule has 0 bridgehead atoms. The first-order valence-corrected chi connectivity index (χ1v) is 15.5. The van der Waals surface area contributed by atoms with E-state index in [4.69, 9.17) is 9.98 Å². The molecule has 0 amide bonds. The highest BCUT2D eigenvalue weighted by Crippen LogP contribution is 2.25. The van der Waals surface area contributed by atoms with E-state index in [1.54, 1.807) is 0 Å². The van der Waals surface area contributed by atoms with E-state index >= 15 is 0 Å². The van der Waals surface area contributed by atoms with Gasteiger partial charge in [-0.15, -0.1) is 0 Å². The molecule has 2 aromatic rings. The Hall–Kier alpha value is -2.22. The first kappa shape index (κ1) is 31.0. The first-order chi connectivity index (χ1) is 18.1. The molecule has 0 aromatic heterocycles. The number of benzene rings is 2. The van der Waals surface area contributed by atoms with Crippen LogP contribution in [0.2, 0.25) is 0 Å². The summed E-state index contributed by atoms with van der Waals surface area (Å²) in [6.07, 6.45) is 17.7. The van der Waals surface area contributed by atoms with E-state index in [-0.39, 0.29) is 0 Å². The van der Waals surface area contributed by atoms with Crippen molar-refractivity contribution in [1.29, 1.82) is 0 Å². The van der Waals surface area contributed by atoms with Gasteiger partial charge in [-0.25, -0.2) is 0 Å². The van der Waals surface area contributed by atoms with Crippen LogP contribution in [0.15, 0.2) is 46.4 Å². The second kappa shape index (κ2) is 18.1. The molecule has 0 atom stereocenters. The molecule has 2 heteroatoms. The highest BCUT2D eigenvalue weighted by molar-refractivity contribution is 6.43. The quantitative estimate of drug-likeness (QED) is 0.143. The Morgan fingerprint density at radius 1 is 0.459 bits per heavy atom. The van der Waals surface area contributed by atoms with Gasteiger partial charge in [0.2, 0.25) is 0 Å². The number of unbranched alkanes of at least 4 members (excludes halogenated alkanes) is 7. The molecule has 0 aliphatic heterocycles. The third-order valence-corrected chi connectivity index (χ3v) is 7.55. The van der Waals surface area contributed by atoms with Crippen LogP contribution in [0.3, 0.4) is 0 Å². The van der Waals surface area contributed by atoms with Gasteiger partial charge < -0.3 is 0 Å². The van der Waals surface area contributed by atoms with Gasteiger partial charge >= 0.3 is 0 Å². The van der Waals surface area contributed by atoms with Crippen molar-refractivity contribution in [3.63, 3.8) is 0 Å². The summed E-state index contributed by atoms with van der Waals surface area (Å²) in [4.78, 5) is 10.6. The van der Waals surface area contributed by atoms with E-state index in [0.29, 0.717) is 0 Å². The number of nitrogens with zero attached hydrogens (tertiary/aromatic N) is 2. The monoisotopic (exact) mass is 502 g/mol. The van der Waals surface area contributed by atoms with E-state index in [1.165, 1.54) is 91.5 Å². The van der Waals surface area contributed by atoms with Crippen molar-refractivity contribution in [2.45, 2.75) is 138 Å². The van der Waals surface area contributed by atoms with Crippen LogP contribution in [0.5, 0.6) is 0 Å². The van der Waals surface area contributed by atoms with Crippen LogP contribution in [0.4, 0.5) is 11.4 Å². The Balaban J connectivity index is 2.46. The minimum absolute atomic E-state index is 1.01. The van der Waals surface area contributed by atoms with E-state index < -0.39 is 0 Å². The normalized spacial score (nSPS) is 12.4. The molecule has 0 aliphatic carbocycles. The molecule has 0 saturated carbocycles. The fourth-order valence-corrected chi connectivity index (χ4v) is 5.17. The molecular formula is C35H54N2. The molecule has 0 N–H and O–H groups in total. The smallest absolute Gasteiger partial charge is 0.0636 e. The summed E-state index contributed by atoms with van der Waals surface area (Å²) in [7, 11) is 0. The minimum atomic E-state index is 1.01. The van der Waals surface area contributed by atoms with Gasteiger partial charge in [-0.3, -0.25) is 9.98 Å². The topological polar surface area (TPSA) is 24.7 Å². The molecule has 0 saturated heterocycles. The fraction of sp³-hybridized carbons (Fsp3) is 0.600. The highest BCUT2D eigenvalue weighted by Gasteiger charge is 2.12. The molecule has 0 spiro atoms. The minimum Gasteiger partial charge on any atom is -0.252 e. The maximum atomic E-state index is 5.31. The molecule has 2 aromatic carbocycles. The predicted octanol–water partition coefficient (Wildman–Crippen LogP) is 11.1. The van der Waals surface area contributed by atoms with Crippen molar-refractivity contribution < 1.29 is 0 Å². The van der Waals surface area contributed by atoms with Gasteiger partial charge in [-0.1, -0.05) is 98.6 Å². The third kappa shape index (κ3) is 10.6. The summed E-state index contributed by atoms with van der Waals surface area (Å²) >= 11 is 0. The maximum absolute atomic E-state index is 5.31. The summed E-state index contributed by atoms with van der Waals surface area (Å²) in [5, 5.41) is 0. The first-order valence-electron chi connectivity index (χ1n) is 15.5. The molecule has 204 valence electrons. The van der Waals surface area contributed by atoms with Crippen LogP contribution in [-0.2, 0) is 25.7 Å². The van der Waals surface area contributed by atoms with E-state index in [1.807, 2.05) is 0 Å². The lowest BCUT2D eigenvalue weighted by molar-refractivity contribution is 0.616. The van der Waals surface area contributed by atoms with Gasteiger partial charge in [-0.2, -0.15) is 0 Å².